The molecule has 0 radical (unpaired) electrons. The third kappa shape index (κ3) is 5.97. The van der Waals surface area contributed by atoms with Gasteiger partial charge in [-0.2, -0.15) is 5.10 Å². The first-order chi connectivity index (χ1) is 15.1. The van der Waals surface area contributed by atoms with Crippen LogP contribution >= 0.6 is 0 Å². The average Bonchev–Trinajstić information content (AvgIpc) is 2.77. The van der Waals surface area contributed by atoms with Crippen molar-refractivity contribution in [1.82, 2.24) is 5.43 Å². The Bertz CT molecular complexity index is 1050. The molecule has 0 atom stereocenters. The van der Waals surface area contributed by atoms with E-state index >= 15 is 0 Å². The molecule has 2 aromatic carbocycles. The number of amides is 1. The zero-order chi connectivity index (χ0) is 23.4. The summed E-state index contributed by atoms with van der Waals surface area (Å²) in [6.07, 6.45) is 3.81. The molecule has 1 saturated carbocycles. The highest BCUT2D eigenvalue weighted by molar-refractivity contribution is 7.92. The predicted octanol–water partition coefficient (Wildman–Crippen LogP) is 4.90. The summed E-state index contributed by atoms with van der Waals surface area (Å²) in [4.78, 5) is 12.9. The number of nitrogens with zero attached hydrogens (tertiary/aromatic N) is 2. The SMILES string of the molecule is Cc1ccc(N(CC(=O)NN=C2CCC(C(C)(C)C)CC2)S(=O)(=O)c2ccccc2)cc1. The number of rotatable bonds is 6. The van der Waals surface area contributed by atoms with Crippen LogP contribution in [0.5, 0.6) is 0 Å². The fraction of sp³-hybridized carbons (Fsp3) is 0.440. The average molecular weight is 456 g/mol. The zero-order valence-electron chi connectivity index (χ0n) is 19.3. The summed E-state index contributed by atoms with van der Waals surface area (Å²) in [5, 5.41) is 4.31. The van der Waals surface area contributed by atoms with Gasteiger partial charge in [-0.1, -0.05) is 56.7 Å². The van der Waals surface area contributed by atoms with Crippen LogP contribution in [0.2, 0.25) is 0 Å². The summed E-state index contributed by atoms with van der Waals surface area (Å²) in [5.41, 5.74) is 5.27. The van der Waals surface area contributed by atoms with Crippen molar-refractivity contribution in [2.75, 3.05) is 10.8 Å². The quantitative estimate of drug-likeness (QED) is 0.629. The topological polar surface area (TPSA) is 78.8 Å². The van der Waals surface area contributed by atoms with Gasteiger partial charge in [0.15, 0.2) is 0 Å². The van der Waals surface area contributed by atoms with E-state index < -0.39 is 15.9 Å². The molecule has 2 aromatic rings. The van der Waals surface area contributed by atoms with E-state index in [1.807, 2.05) is 19.1 Å². The van der Waals surface area contributed by atoms with Gasteiger partial charge in [-0.05, 0) is 68.2 Å². The van der Waals surface area contributed by atoms with Gasteiger partial charge in [0, 0.05) is 5.71 Å². The highest BCUT2D eigenvalue weighted by atomic mass is 32.2. The second-order valence-corrected chi connectivity index (χ2v) is 11.4. The Balaban J connectivity index is 1.74. The zero-order valence-corrected chi connectivity index (χ0v) is 20.2. The molecule has 0 unspecified atom stereocenters. The predicted molar refractivity (Wildman–Crippen MR) is 129 cm³/mol. The van der Waals surface area contributed by atoms with Crippen LogP contribution < -0.4 is 9.73 Å². The smallest absolute Gasteiger partial charge is 0.264 e. The van der Waals surface area contributed by atoms with E-state index in [2.05, 4.69) is 31.3 Å². The normalized spacial score (nSPS) is 17.0. The second-order valence-electron chi connectivity index (χ2n) is 9.51. The minimum atomic E-state index is -3.90. The van der Waals surface area contributed by atoms with E-state index in [4.69, 9.17) is 0 Å². The molecule has 0 bridgehead atoms. The Morgan fingerprint density at radius 1 is 1.03 bits per heavy atom. The standard InChI is InChI=1S/C25H33N3O3S/c1-19-10-16-22(17-11-19)28(32(30,31)23-8-6-5-7-9-23)18-24(29)27-26-21-14-12-20(13-15-21)25(2,3)4/h5-11,16-17,20H,12-15,18H2,1-4H3,(H,27,29). The van der Waals surface area contributed by atoms with Gasteiger partial charge in [-0.15, -0.1) is 0 Å². The third-order valence-electron chi connectivity index (χ3n) is 6.07. The van der Waals surface area contributed by atoms with Gasteiger partial charge in [0.05, 0.1) is 10.6 Å². The van der Waals surface area contributed by atoms with Crippen molar-refractivity contribution in [1.29, 1.82) is 0 Å². The van der Waals surface area contributed by atoms with Crippen molar-refractivity contribution in [3.8, 4) is 0 Å². The van der Waals surface area contributed by atoms with Crippen LogP contribution in [0.25, 0.3) is 0 Å². The number of benzene rings is 2. The van der Waals surface area contributed by atoms with Crippen molar-refractivity contribution < 1.29 is 13.2 Å². The summed E-state index contributed by atoms with van der Waals surface area (Å²) >= 11 is 0. The maximum absolute atomic E-state index is 13.3. The maximum atomic E-state index is 13.3. The van der Waals surface area contributed by atoms with E-state index in [9.17, 15) is 13.2 Å². The summed E-state index contributed by atoms with van der Waals surface area (Å²) < 4.78 is 27.7. The molecular weight excluding hydrogens is 422 g/mol. The molecule has 0 saturated heterocycles. The summed E-state index contributed by atoms with van der Waals surface area (Å²) in [5.74, 6) is 0.181. The van der Waals surface area contributed by atoms with Crippen molar-refractivity contribution in [3.05, 3.63) is 60.2 Å². The molecule has 3 rings (SSSR count). The van der Waals surface area contributed by atoms with Crippen LogP contribution in [-0.2, 0) is 14.8 Å². The van der Waals surface area contributed by atoms with E-state index in [0.717, 1.165) is 41.3 Å². The fourth-order valence-electron chi connectivity index (χ4n) is 3.98. The summed E-state index contributed by atoms with van der Waals surface area (Å²) in [7, 11) is -3.90. The number of carbonyl (C=O) groups is 1. The first kappa shape index (κ1) is 24.0. The molecule has 32 heavy (non-hydrogen) atoms. The molecule has 7 heteroatoms. The lowest BCUT2D eigenvalue weighted by molar-refractivity contribution is -0.119. The summed E-state index contributed by atoms with van der Waals surface area (Å²) in [6.45, 7) is 8.36. The Morgan fingerprint density at radius 2 is 1.62 bits per heavy atom. The van der Waals surface area contributed by atoms with Crippen LogP contribution in [0, 0.1) is 18.3 Å². The number of aryl methyl sites for hydroxylation is 1. The number of anilines is 1. The van der Waals surface area contributed by atoms with Gasteiger partial charge in [-0.3, -0.25) is 9.10 Å². The molecule has 1 aliphatic carbocycles. The number of hydrogen-bond acceptors (Lipinski definition) is 4. The summed E-state index contributed by atoms with van der Waals surface area (Å²) in [6, 6.07) is 15.2. The van der Waals surface area contributed by atoms with E-state index in [0.29, 0.717) is 11.6 Å². The lowest BCUT2D eigenvalue weighted by Gasteiger charge is -2.34. The number of hydrazone groups is 1. The number of sulfonamides is 1. The van der Waals surface area contributed by atoms with Crippen molar-refractivity contribution >= 4 is 27.3 Å². The molecule has 0 heterocycles. The minimum absolute atomic E-state index is 0.139. The molecule has 1 fully saturated rings. The Hall–Kier alpha value is -2.67. The van der Waals surface area contributed by atoms with E-state index in [1.54, 1.807) is 30.3 Å². The highest BCUT2D eigenvalue weighted by Gasteiger charge is 2.29. The largest absolute Gasteiger partial charge is 0.271 e. The fourth-order valence-corrected chi connectivity index (χ4v) is 5.42. The number of nitrogens with one attached hydrogen (secondary N) is 1. The van der Waals surface area contributed by atoms with Gasteiger partial charge < -0.3 is 0 Å². The Labute approximate surface area is 191 Å². The maximum Gasteiger partial charge on any atom is 0.264 e. The third-order valence-corrected chi connectivity index (χ3v) is 7.85. The molecular formula is C25H33N3O3S. The van der Waals surface area contributed by atoms with Crippen LogP contribution in [-0.4, -0.2) is 26.6 Å². The van der Waals surface area contributed by atoms with Crippen LogP contribution in [0.1, 0.15) is 52.0 Å². The molecule has 0 spiro atoms. The van der Waals surface area contributed by atoms with Crippen LogP contribution in [0.15, 0.2) is 64.6 Å². The minimum Gasteiger partial charge on any atom is -0.271 e. The first-order valence-electron chi connectivity index (χ1n) is 11.1. The van der Waals surface area contributed by atoms with Gasteiger partial charge >= 0.3 is 0 Å². The lowest BCUT2D eigenvalue weighted by atomic mass is 9.72. The molecule has 172 valence electrons. The monoisotopic (exact) mass is 455 g/mol. The van der Waals surface area contributed by atoms with Crippen LogP contribution in [0.4, 0.5) is 5.69 Å². The molecule has 1 N–H and O–H groups in total. The van der Waals surface area contributed by atoms with E-state index in [1.165, 1.54) is 12.1 Å². The van der Waals surface area contributed by atoms with Gasteiger partial charge in [0.25, 0.3) is 15.9 Å². The molecule has 1 amide bonds. The van der Waals surface area contributed by atoms with E-state index in [-0.39, 0.29) is 16.9 Å². The number of hydrogen-bond donors (Lipinski definition) is 1. The molecule has 0 aliphatic heterocycles. The number of carbonyl (C=O) groups excluding carboxylic acids is 1. The van der Waals surface area contributed by atoms with Crippen molar-refractivity contribution in [2.45, 2.75) is 58.3 Å². The highest BCUT2D eigenvalue weighted by Crippen LogP contribution is 2.36. The van der Waals surface area contributed by atoms with Gasteiger partial charge in [0.2, 0.25) is 0 Å². The van der Waals surface area contributed by atoms with Gasteiger partial charge in [0.1, 0.15) is 6.54 Å². The van der Waals surface area contributed by atoms with Crippen molar-refractivity contribution in [2.24, 2.45) is 16.4 Å². The Kier molecular flexibility index (Phi) is 7.39. The second kappa shape index (κ2) is 9.86. The van der Waals surface area contributed by atoms with Gasteiger partial charge in [-0.25, -0.2) is 13.8 Å². The molecule has 0 aromatic heterocycles. The molecule has 1 aliphatic rings. The first-order valence-corrected chi connectivity index (χ1v) is 12.5. The molecule has 6 nitrogen and oxygen atoms in total. The van der Waals surface area contributed by atoms with Crippen molar-refractivity contribution in [3.63, 3.8) is 0 Å². The Morgan fingerprint density at radius 3 is 2.19 bits per heavy atom. The van der Waals surface area contributed by atoms with Crippen LogP contribution in [0.3, 0.4) is 0 Å². The lowest BCUT2D eigenvalue weighted by Crippen LogP contribution is -2.40.